The molecule has 140 valence electrons. The number of hydrogen-bond acceptors (Lipinski definition) is 6. The second-order valence-electron chi connectivity index (χ2n) is 6.22. The van der Waals surface area contributed by atoms with Crippen molar-refractivity contribution in [3.8, 4) is 11.1 Å². The molecule has 8 heteroatoms. The molecule has 4 aromatic rings. The van der Waals surface area contributed by atoms with Crippen molar-refractivity contribution >= 4 is 48.2 Å². The number of aromatic nitrogens is 3. The van der Waals surface area contributed by atoms with Crippen LogP contribution in [0.2, 0.25) is 0 Å². The fourth-order valence-electron chi connectivity index (χ4n) is 2.95. The van der Waals surface area contributed by atoms with E-state index in [9.17, 15) is 8.42 Å². The summed E-state index contributed by atoms with van der Waals surface area (Å²) in [5.41, 5.74) is 4.45. The van der Waals surface area contributed by atoms with Crippen LogP contribution >= 0.6 is 15.9 Å². The SMILES string of the molecule is CS(=O)(=O)c1ccncc1Nc1cc(-c2ccc(Br)cc2)c2nccnc2c1. The highest BCUT2D eigenvalue weighted by Crippen LogP contribution is 2.33. The number of benzene rings is 2. The molecule has 0 spiro atoms. The van der Waals surface area contributed by atoms with Crippen molar-refractivity contribution in [1.82, 2.24) is 15.0 Å². The summed E-state index contributed by atoms with van der Waals surface area (Å²) in [4.78, 5) is 13.1. The molecule has 28 heavy (non-hydrogen) atoms. The molecule has 4 rings (SSSR count). The van der Waals surface area contributed by atoms with Gasteiger partial charge in [0.25, 0.3) is 0 Å². The van der Waals surface area contributed by atoms with E-state index >= 15 is 0 Å². The topological polar surface area (TPSA) is 84.8 Å². The summed E-state index contributed by atoms with van der Waals surface area (Å²) in [6, 6.07) is 13.1. The molecule has 2 aromatic carbocycles. The summed E-state index contributed by atoms with van der Waals surface area (Å²) < 4.78 is 25.1. The van der Waals surface area contributed by atoms with Gasteiger partial charge in [0, 0.05) is 40.6 Å². The number of hydrogen-bond donors (Lipinski definition) is 1. The number of rotatable bonds is 4. The Balaban J connectivity index is 1.87. The maximum absolute atomic E-state index is 12.1. The van der Waals surface area contributed by atoms with Gasteiger partial charge >= 0.3 is 0 Å². The Labute approximate surface area is 170 Å². The van der Waals surface area contributed by atoms with Gasteiger partial charge in [-0.3, -0.25) is 15.0 Å². The fraction of sp³-hybridized carbons (Fsp3) is 0.0500. The molecule has 0 saturated heterocycles. The average molecular weight is 455 g/mol. The summed E-state index contributed by atoms with van der Waals surface area (Å²) >= 11 is 3.45. The molecule has 0 radical (unpaired) electrons. The quantitative estimate of drug-likeness (QED) is 0.484. The zero-order valence-corrected chi connectivity index (χ0v) is 17.2. The normalized spacial score (nSPS) is 11.5. The Bertz CT molecular complexity index is 1280. The van der Waals surface area contributed by atoms with Crippen molar-refractivity contribution in [1.29, 1.82) is 0 Å². The van der Waals surface area contributed by atoms with Crippen molar-refractivity contribution < 1.29 is 8.42 Å². The lowest BCUT2D eigenvalue weighted by atomic mass is 10.0. The summed E-state index contributed by atoms with van der Waals surface area (Å²) in [5.74, 6) is 0. The van der Waals surface area contributed by atoms with Crippen molar-refractivity contribution in [2.24, 2.45) is 0 Å². The molecule has 0 saturated carbocycles. The third-order valence-corrected chi connectivity index (χ3v) is 5.87. The number of halogens is 1. The summed E-state index contributed by atoms with van der Waals surface area (Å²) in [6.07, 6.45) is 7.41. The largest absolute Gasteiger partial charge is 0.353 e. The second-order valence-corrected chi connectivity index (χ2v) is 9.12. The predicted octanol–water partition coefficient (Wildman–Crippen LogP) is 4.60. The number of fused-ring (bicyclic) bond motifs is 1. The smallest absolute Gasteiger partial charge is 0.177 e. The molecular formula is C20H15BrN4O2S. The van der Waals surface area contributed by atoms with E-state index in [-0.39, 0.29) is 4.90 Å². The maximum Gasteiger partial charge on any atom is 0.177 e. The molecule has 0 atom stereocenters. The van der Waals surface area contributed by atoms with Gasteiger partial charge in [0.1, 0.15) is 0 Å². The zero-order chi connectivity index (χ0) is 19.7. The number of nitrogens with one attached hydrogen (secondary N) is 1. The highest BCUT2D eigenvalue weighted by Gasteiger charge is 2.15. The van der Waals surface area contributed by atoms with Gasteiger partial charge in [-0.2, -0.15) is 0 Å². The van der Waals surface area contributed by atoms with E-state index in [4.69, 9.17) is 0 Å². The van der Waals surface area contributed by atoms with Crippen LogP contribution in [0, 0.1) is 0 Å². The monoisotopic (exact) mass is 454 g/mol. The lowest BCUT2D eigenvalue weighted by Crippen LogP contribution is -2.03. The highest BCUT2D eigenvalue weighted by atomic mass is 79.9. The lowest BCUT2D eigenvalue weighted by molar-refractivity contribution is 0.602. The molecule has 2 heterocycles. The van der Waals surface area contributed by atoms with Gasteiger partial charge in [0.05, 0.1) is 27.8 Å². The van der Waals surface area contributed by atoms with E-state index in [0.717, 1.165) is 21.1 Å². The number of nitrogens with zero attached hydrogens (tertiary/aromatic N) is 3. The maximum atomic E-state index is 12.1. The van der Waals surface area contributed by atoms with Crippen LogP contribution in [-0.2, 0) is 9.84 Å². The van der Waals surface area contributed by atoms with E-state index < -0.39 is 9.84 Å². The minimum Gasteiger partial charge on any atom is -0.353 e. The third kappa shape index (κ3) is 3.74. The van der Waals surface area contributed by atoms with Crippen LogP contribution in [0.4, 0.5) is 11.4 Å². The molecule has 0 aliphatic heterocycles. The van der Waals surface area contributed by atoms with Crippen LogP contribution in [0.15, 0.2) is 76.6 Å². The van der Waals surface area contributed by atoms with Gasteiger partial charge in [-0.05, 0) is 35.9 Å². The van der Waals surface area contributed by atoms with Crippen LogP contribution in [0.1, 0.15) is 0 Å². The number of pyridine rings is 1. The van der Waals surface area contributed by atoms with Gasteiger partial charge in [0.15, 0.2) is 9.84 Å². The standard InChI is InChI=1S/C20H15BrN4O2S/c1-28(26,27)19-6-7-22-12-18(19)25-15-10-16(13-2-4-14(21)5-3-13)20-17(11-15)23-8-9-24-20/h2-12,25H,1H3. The average Bonchev–Trinajstić information content (AvgIpc) is 2.68. The van der Waals surface area contributed by atoms with Crippen LogP contribution in [0.25, 0.3) is 22.2 Å². The zero-order valence-electron chi connectivity index (χ0n) is 14.8. The minimum atomic E-state index is -3.40. The van der Waals surface area contributed by atoms with Crippen LogP contribution in [0.3, 0.4) is 0 Å². The summed E-state index contributed by atoms with van der Waals surface area (Å²) in [6.45, 7) is 0. The highest BCUT2D eigenvalue weighted by molar-refractivity contribution is 9.10. The van der Waals surface area contributed by atoms with Gasteiger partial charge in [-0.1, -0.05) is 28.1 Å². The van der Waals surface area contributed by atoms with Gasteiger partial charge < -0.3 is 5.32 Å². The molecule has 0 bridgehead atoms. The molecule has 0 amide bonds. The van der Waals surface area contributed by atoms with Crippen LogP contribution in [0.5, 0.6) is 0 Å². The number of anilines is 2. The first-order valence-corrected chi connectivity index (χ1v) is 11.0. The molecule has 0 aliphatic carbocycles. The first-order valence-electron chi connectivity index (χ1n) is 8.33. The lowest BCUT2D eigenvalue weighted by Gasteiger charge is -2.13. The van der Waals surface area contributed by atoms with E-state index in [1.165, 1.54) is 24.7 Å². The van der Waals surface area contributed by atoms with Crippen LogP contribution in [-0.4, -0.2) is 29.6 Å². The van der Waals surface area contributed by atoms with Crippen LogP contribution < -0.4 is 5.32 Å². The molecule has 2 aromatic heterocycles. The van der Waals surface area contributed by atoms with Crippen molar-refractivity contribution in [3.05, 3.63) is 71.7 Å². The molecule has 0 aliphatic rings. The fourth-order valence-corrected chi connectivity index (χ4v) is 4.03. The molecular weight excluding hydrogens is 440 g/mol. The Kier molecular flexibility index (Phi) is 4.82. The Morgan fingerprint density at radius 3 is 2.46 bits per heavy atom. The molecule has 1 N–H and O–H groups in total. The molecule has 6 nitrogen and oxygen atoms in total. The van der Waals surface area contributed by atoms with Gasteiger partial charge in [-0.25, -0.2) is 8.42 Å². The Morgan fingerprint density at radius 1 is 0.964 bits per heavy atom. The first-order chi connectivity index (χ1) is 13.4. The minimum absolute atomic E-state index is 0.187. The Morgan fingerprint density at radius 2 is 1.71 bits per heavy atom. The van der Waals surface area contributed by atoms with E-state index in [0.29, 0.717) is 16.9 Å². The number of sulfone groups is 1. The molecule has 0 fully saturated rings. The van der Waals surface area contributed by atoms with Gasteiger partial charge in [0.2, 0.25) is 0 Å². The van der Waals surface area contributed by atoms with Crippen molar-refractivity contribution in [3.63, 3.8) is 0 Å². The van der Waals surface area contributed by atoms with Gasteiger partial charge in [-0.15, -0.1) is 0 Å². The van der Waals surface area contributed by atoms with Crippen molar-refractivity contribution in [2.75, 3.05) is 11.6 Å². The summed E-state index contributed by atoms with van der Waals surface area (Å²) in [5, 5.41) is 3.17. The van der Waals surface area contributed by atoms with Crippen molar-refractivity contribution in [2.45, 2.75) is 4.90 Å². The predicted molar refractivity (Wildman–Crippen MR) is 113 cm³/mol. The van der Waals surface area contributed by atoms with E-state index in [1.807, 2.05) is 36.4 Å². The second kappa shape index (κ2) is 7.29. The molecule has 0 unspecified atom stereocenters. The van der Waals surface area contributed by atoms with E-state index in [2.05, 4.69) is 36.2 Å². The first kappa shape index (κ1) is 18.5. The third-order valence-electron chi connectivity index (χ3n) is 4.19. The summed E-state index contributed by atoms with van der Waals surface area (Å²) in [7, 11) is -3.40. The van der Waals surface area contributed by atoms with E-state index in [1.54, 1.807) is 12.4 Å². The Hall–Kier alpha value is -2.84.